The van der Waals surface area contributed by atoms with Crippen LogP contribution in [0.4, 0.5) is 28.7 Å². The maximum atomic E-state index is 12.1. The third-order valence-corrected chi connectivity index (χ3v) is 8.02. The molecule has 0 atom stereocenters. The Bertz CT molecular complexity index is 2090. The summed E-state index contributed by atoms with van der Waals surface area (Å²) in [5.41, 5.74) is 3.91. The van der Waals surface area contributed by atoms with Crippen molar-refractivity contribution in [2.45, 2.75) is 14.7 Å². The van der Waals surface area contributed by atoms with Gasteiger partial charge in [-0.2, -0.15) is 40.2 Å². The lowest BCUT2D eigenvalue weighted by Crippen LogP contribution is -2.04. The minimum absolute atomic E-state index is 0.0105. The van der Waals surface area contributed by atoms with E-state index < -0.39 is 67.9 Å². The Labute approximate surface area is 240 Å². The first-order valence-corrected chi connectivity index (χ1v) is 15.3. The van der Waals surface area contributed by atoms with Crippen LogP contribution in [0.1, 0.15) is 0 Å². The molecule has 0 unspecified atom stereocenters. The third-order valence-electron chi connectivity index (χ3n) is 5.07. The second-order valence-electron chi connectivity index (χ2n) is 7.81. The Morgan fingerprint density at radius 1 is 0.780 bits per heavy atom. The van der Waals surface area contributed by atoms with E-state index in [9.17, 15) is 44.0 Å². The van der Waals surface area contributed by atoms with E-state index in [2.05, 4.69) is 30.5 Å². The number of hydrogen-bond donors (Lipinski definition) is 6. The van der Waals surface area contributed by atoms with E-state index in [4.69, 9.17) is 28.9 Å². The lowest BCUT2D eigenvalue weighted by atomic mass is 10.1. The Balaban J connectivity index is 1.91. The lowest BCUT2D eigenvalue weighted by Gasteiger charge is -2.12. The largest absolute Gasteiger partial charge is 0.507 e. The molecule has 3 aromatic carbocycles. The van der Waals surface area contributed by atoms with Gasteiger partial charge in [0.2, 0.25) is 16.5 Å². The van der Waals surface area contributed by atoms with Crippen LogP contribution < -0.4 is 11.1 Å². The molecule has 0 spiro atoms. The molecule has 22 heteroatoms. The Morgan fingerprint density at radius 3 is 1.95 bits per heavy atom. The van der Waals surface area contributed by atoms with E-state index in [0.29, 0.717) is 12.1 Å². The minimum Gasteiger partial charge on any atom is -0.507 e. The minimum atomic E-state index is -5.06. The van der Waals surface area contributed by atoms with Crippen molar-refractivity contribution in [3.8, 4) is 5.75 Å². The molecule has 216 valence electrons. The van der Waals surface area contributed by atoms with Gasteiger partial charge in [0.1, 0.15) is 26.9 Å². The molecule has 0 aliphatic heterocycles. The fourth-order valence-corrected chi connectivity index (χ4v) is 5.63. The fourth-order valence-electron chi connectivity index (χ4n) is 3.43. The number of halogens is 2. The number of nitrogens with zero attached hydrogens (tertiary/aromatic N) is 5. The molecule has 0 aliphatic carbocycles. The Kier molecular flexibility index (Phi) is 7.79. The van der Waals surface area contributed by atoms with E-state index in [0.717, 1.165) is 18.2 Å². The summed E-state index contributed by atoms with van der Waals surface area (Å²) in [5, 5.41) is 19.2. The van der Waals surface area contributed by atoms with Gasteiger partial charge in [-0.05, 0) is 58.9 Å². The first kappa shape index (κ1) is 30.2. The molecule has 0 aliphatic rings. The van der Waals surface area contributed by atoms with Crippen molar-refractivity contribution >= 4 is 93.0 Å². The molecule has 4 rings (SSSR count). The molecule has 0 bridgehead atoms. The number of phenols is 1. The molecule has 1 heterocycles. The lowest BCUT2D eigenvalue weighted by molar-refractivity contribution is 0.471. The maximum Gasteiger partial charge on any atom is 0.296 e. The second-order valence-corrected chi connectivity index (χ2v) is 12.7. The summed E-state index contributed by atoms with van der Waals surface area (Å²) in [7, 11) is -14.9. The molecule has 0 fully saturated rings. The van der Waals surface area contributed by atoms with Gasteiger partial charge in [0.15, 0.2) is 0 Å². The number of aromatic hydroxyl groups is 1. The van der Waals surface area contributed by atoms with Crippen LogP contribution in [0, 0.1) is 0 Å². The molecule has 0 saturated carbocycles. The van der Waals surface area contributed by atoms with Gasteiger partial charge in [0.05, 0.1) is 16.0 Å². The monoisotopic (exact) mass is 665 g/mol. The smallest absolute Gasteiger partial charge is 0.296 e. The molecule has 1 aromatic heterocycles. The number of nitrogen functional groups attached to an aromatic ring is 1. The van der Waals surface area contributed by atoms with E-state index in [1.54, 1.807) is 0 Å². The molecule has 0 radical (unpaired) electrons. The maximum absolute atomic E-state index is 12.1. The van der Waals surface area contributed by atoms with Crippen molar-refractivity contribution in [1.82, 2.24) is 15.0 Å². The van der Waals surface area contributed by atoms with E-state index in [1.807, 2.05) is 0 Å². The number of benzene rings is 3. The van der Waals surface area contributed by atoms with Gasteiger partial charge < -0.3 is 16.2 Å². The molecule has 4 aromatic rings. The van der Waals surface area contributed by atoms with Crippen LogP contribution in [0.3, 0.4) is 0 Å². The van der Waals surface area contributed by atoms with Crippen molar-refractivity contribution in [1.29, 1.82) is 0 Å². The number of hydrogen-bond acceptors (Lipinski definition) is 14. The predicted octanol–water partition coefficient (Wildman–Crippen LogP) is 3.52. The first-order valence-electron chi connectivity index (χ1n) is 10.3. The summed E-state index contributed by atoms with van der Waals surface area (Å²) in [6, 6.07) is 5.23. The number of fused-ring (bicyclic) bond motifs is 1. The molecule has 0 saturated heterocycles. The van der Waals surface area contributed by atoms with Crippen molar-refractivity contribution in [2.24, 2.45) is 10.2 Å². The zero-order valence-corrected chi connectivity index (χ0v) is 23.5. The summed E-state index contributed by atoms with van der Waals surface area (Å²) in [5.74, 6) is -1.05. The van der Waals surface area contributed by atoms with Crippen molar-refractivity contribution < 1.29 is 44.0 Å². The van der Waals surface area contributed by atoms with E-state index >= 15 is 0 Å². The molecule has 17 nitrogen and oxygen atoms in total. The summed E-state index contributed by atoms with van der Waals surface area (Å²) in [6.45, 7) is 0. The highest BCUT2D eigenvalue weighted by atomic mass is 35.5. The van der Waals surface area contributed by atoms with Gasteiger partial charge in [-0.15, -0.1) is 10.2 Å². The number of nitrogens with one attached hydrogen (secondary N) is 1. The van der Waals surface area contributed by atoms with E-state index in [1.165, 1.54) is 6.07 Å². The standard InChI is InChI=1S/C19H13Cl2N7O10S3/c20-17-24-18(21)26-19(25-17)23-8-1-2-10(12(5-8)40(33,34)35)27-28-16-14-7(4-13(15(16)22)41(36,37)38)3-9(6-11(14)29)39(30,31)32/h1-6,29H,22H2,(H,30,31,32)(H,33,34,35)(H,36,37,38)(H,23,24,25,26)/b28-27+. The fraction of sp³-hybridized carbons (Fsp3) is 0. The molecule has 0 amide bonds. The van der Waals surface area contributed by atoms with E-state index in [-0.39, 0.29) is 33.0 Å². The molecular weight excluding hydrogens is 653 g/mol. The summed E-state index contributed by atoms with van der Waals surface area (Å²) >= 11 is 11.4. The van der Waals surface area contributed by atoms with Crippen LogP contribution in [0.5, 0.6) is 5.75 Å². The van der Waals surface area contributed by atoms with Crippen LogP contribution in [0.2, 0.25) is 10.6 Å². The van der Waals surface area contributed by atoms with Crippen LogP contribution in [-0.2, 0) is 30.4 Å². The van der Waals surface area contributed by atoms with Crippen molar-refractivity contribution in [2.75, 3.05) is 11.1 Å². The highest BCUT2D eigenvalue weighted by molar-refractivity contribution is 7.86. The third kappa shape index (κ3) is 6.60. The second kappa shape index (κ2) is 10.6. The van der Waals surface area contributed by atoms with Gasteiger partial charge in [-0.1, -0.05) is 0 Å². The summed E-state index contributed by atoms with van der Waals surface area (Å²) in [6.07, 6.45) is 0. The van der Waals surface area contributed by atoms with Crippen molar-refractivity contribution in [3.05, 3.63) is 47.0 Å². The average Bonchev–Trinajstić information content (AvgIpc) is 2.81. The van der Waals surface area contributed by atoms with Gasteiger partial charge in [-0.25, -0.2) is 0 Å². The molecule has 7 N–H and O–H groups in total. The summed E-state index contributed by atoms with van der Waals surface area (Å²) < 4.78 is 100.0. The van der Waals surface area contributed by atoms with Gasteiger partial charge in [0.25, 0.3) is 30.4 Å². The Morgan fingerprint density at radius 2 is 1.39 bits per heavy atom. The zero-order chi connectivity index (χ0) is 30.5. The number of aromatic nitrogens is 3. The number of anilines is 3. The number of phenolic OH excluding ortho intramolecular Hbond substituents is 1. The SMILES string of the molecule is Nc1c(S(=O)(=O)O)cc2cc(S(=O)(=O)O)cc(O)c2c1/N=N/c1ccc(Nc2nc(Cl)nc(Cl)n2)cc1S(=O)(=O)O. The highest BCUT2D eigenvalue weighted by Gasteiger charge is 2.24. The topological polar surface area (TPSA) is 285 Å². The summed E-state index contributed by atoms with van der Waals surface area (Å²) in [4.78, 5) is 8.41. The first-order chi connectivity index (χ1) is 18.8. The Hall–Kier alpha value is -3.76. The van der Waals surface area contributed by atoms with Crippen LogP contribution in [0.15, 0.2) is 61.3 Å². The number of rotatable bonds is 7. The number of azo groups is 1. The highest BCUT2D eigenvalue weighted by Crippen LogP contribution is 2.44. The number of nitrogens with two attached hydrogens (primary N) is 1. The van der Waals surface area contributed by atoms with Gasteiger partial charge >= 0.3 is 0 Å². The molecular formula is C19H13Cl2N7O10S3. The average molecular weight is 666 g/mol. The van der Waals surface area contributed by atoms with Crippen molar-refractivity contribution in [3.63, 3.8) is 0 Å². The predicted molar refractivity (Wildman–Crippen MR) is 143 cm³/mol. The van der Waals surface area contributed by atoms with Gasteiger partial charge in [0, 0.05) is 11.8 Å². The molecule has 41 heavy (non-hydrogen) atoms. The van der Waals surface area contributed by atoms with Crippen LogP contribution in [-0.4, -0.2) is 59.0 Å². The normalized spacial score (nSPS) is 12.7. The van der Waals surface area contributed by atoms with Crippen LogP contribution >= 0.6 is 23.2 Å². The quantitative estimate of drug-likeness (QED) is 0.0934. The zero-order valence-electron chi connectivity index (χ0n) is 19.5. The van der Waals surface area contributed by atoms with Gasteiger partial charge in [-0.3, -0.25) is 13.7 Å². The van der Waals surface area contributed by atoms with Crippen LogP contribution in [0.25, 0.3) is 10.8 Å².